The average molecular weight is 424 g/mol. The Morgan fingerprint density at radius 1 is 1.03 bits per heavy atom. The Morgan fingerprint density at radius 2 is 1.58 bits per heavy atom. The Bertz CT molecular complexity index is 953. The van der Waals surface area contributed by atoms with Crippen molar-refractivity contribution in [3.05, 3.63) is 58.7 Å². The molecule has 0 atom stereocenters. The van der Waals surface area contributed by atoms with Gasteiger partial charge in [-0.15, -0.1) is 0 Å². The van der Waals surface area contributed by atoms with Crippen molar-refractivity contribution in [2.75, 3.05) is 19.5 Å². The molecule has 2 aromatic carbocycles. The van der Waals surface area contributed by atoms with Crippen molar-refractivity contribution in [1.82, 2.24) is 0 Å². The van der Waals surface area contributed by atoms with E-state index in [2.05, 4.69) is 52.9 Å². The van der Waals surface area contributed by atoms with Crippen LogP contribution in [0.25, 0.3) is 6.08 Å². The van der Waals surface area contributed by atoms with Crippen LogP contribution in [0.5, 0.6) is 11.5 Å². The summed E-state index contributed by atoms with van der Waals surface area (Å²) in [5.41, 5.74) is 3.64. The number of ether oxygens (including phenoxy) is 1. The fourth-order valence-electron chi connectivity index (χ4n) is 3.51. The van der Waals surface area contributed by atoms with Gasteiger partial charge in [-0.25, -0.2) is 0 Å². The molecule has 0 aliphatic heterocycles. The van der Waals surface area contributed by atoms with Gasteiger partial charge in [0, 0.05) is 29.4 Å². The third-order valence-corrected chi connectivity index (χ3v) is 6.58. The minimum Gasteiger partial charge on any atom is -0.507 e. The molecule has 0 saturated heterocycles. The number of carbonyl (C=O) groups is 1. The number of phenolic OH excluding ortho intramolecular Hbond substituents is 1. The average Bonchev–Trinajstić information content (AvgIpc) is 2.77. The van der Waals surface area contributed by atoms with Gasteiger partial charge in [0.2, 0.25) is 0 Å². The molecule has 4 heteroatoms. The molecule has 0 aliphatic carbocycles. The van der Waals surface area contributed by atoms with Crippen LogP contribution in [0.15, 0.2) is 36.4 Å². The monoisotopic (exact) mass is 423 g/mol. The molecule has 0 bridgehead atoms. The van der Waals surface area contributed by atoms with Gasteiger partial charge in [-0.3, -0.25) is 4.79 Å². The minimum atomic E-state index is -0.218. The van der Waals surface area contributed by atoms with Crippen LogP contribution in [0.1, 0.15) is 81.4 Å². The van der Waals surface area contributed by atoms with E-state index in [0.29, 0.717) is 16.9 Å². The number of aromatic hydroxyl groups is 1. The van der Waals surface area contributed by atoms with E-state index in [1.165, 1.54) is 6.08 Å². The smallest absolute Gasteiger partial charge is 0.185 e. The number of hydrogen-bond donors (Lipinski definition) is 2. The summed E-state index contributed by atoms with van der Waals surface area (Å²) in [6.07, 6.45) is 4.99. The normalized spacial score (nSPS) is 12.3. The fourth-order valence-corrected chi connectivity index (χ4v) is 3.51. The first kappa shape index (κ1) is 24.5. The zero-order valence-electron chi connectivity index (χ0n) is 20.2. The van der Waals surface area contributed by atoms with Gasteiger partial charge in [0.1, 0.15) is 11.5 Å². The molecular formula is C27H37NO3. The van der Waals surface area contributed by atoms with Gasteiger partial charge < -0.3 is 15.2 Å². The minimum absolute atomic E-state index is 0.124. The lowest BCUT2D eigenvalue weighted by atomic mass is 9.74. The number of phenols is 1. The van der Waals surface area contributed by atoms with Gasteiger partial charge in [-0.2, -0.15) is 0 Å². The van der Waals surface area contributed by atoms with E-state index in [0.717, 1.165) is 29.7 Å². The molecule has 0 radical (unpaired) electrons. The van der Waals surface area contributed by atoms with E-state index in [4.69, 9.17) is 4.74 Å². The van der Waals surface area contributed by atoms with E-state index in [9.17, 15) is 9.90 Å². The van der Waals surface area contributed by atoms with Gasteiger partial charge in [0.15, 0.2) is 5.78 Å². The maximum atomic E-state index is 12.8. The molecule has 168 valence electrons. The molecule has 0 heterocycles. The van der Waals surface area contributed by atoms with Crippen LogP contribution in [-0.2, 0) is 10.8 Å². The SMILES string of the molecule is CCC(C)(C)c1cc(C(C)(C)CC)c(OC)c(/C=C/C(=O)c2ccc(NC)cc2)c1O. The largest absolute Gasteiger partial charge is 0.507 e. The second-order valence-corrected chi connectivity index (χ2v) is 9.27. The summed E-state index contributed by atoms with van der Waals surface area (Å²) < 4.78 is 5.78. The lowest BCUT2D eigenvalue weighted by Crippen LogP contribution is -2.22. The summed E-state index contributed by atoms with van der Waals surface area (Å²) in [7, 11) is 3.45. The molecule has 0 aromatic heterocycles. The molecule has 2 N–H and O–H groups in total. The number of benzene rings is 2. The Morgan fingerprint density at radius 3 is 2.06 bits per heavy atom. The first-order valence-corrected chi connectivity index (χ1v) is 11.0. The van der Waals surface area contributed by atoms with Crippen LogP contribution in [-0.4, -0.2) is 25.0 Å². The summed E-state index contributed by atoms with van der Waals surface area (Å²) >= 11 is 0. The number of nitrogens with one attached hydrogen (secondary N) is 1. The number of allylic oxidation sites excluding steroid dienone is 1. The topological polar surface area (TPSA) is 58.6 Å². The first-order valence-electron chi connectivity index (χ1n) is 11.0. The standard InChI is InChI=1S/C27H37NO3/c1-9-26(3,4)21-17-22(27(5,6)10-2)25(31-8)20(24(21)30)15-16-23(29)18-11-13-19(28-7)14-12-18/h11-17,28,30H,9-10H2,1-8H3/b16-15+. The molecule has 0 unspecified atom stereocenters. The molecular weight excluding hydrogens is 386 g/mol. The summed E-state index contributed by atoms with van der Waals surface area (Å²) in [4.78, 5) is 12.8. The Kier molecular flexibility index (Phi) is 7.58. The predicted molar refractivity (Wildman–Crippen MR) is 131 cm³/mol. The van der Waals surface area contributed by atoms with Crippen LogP contribution in [0.3, 0.4) is 0 Å². The Hall–Kier alpha value is -2.75. The van der Waals surface area contributed by atoms with Crippen molar-refractivity contribution < 1.29 is 14.6 Å². The van der Waals surface area contributed by atoms with Crippen LogP contribution in [0, 0.1) is 0 Å². The summed E-state index contributed by atoms with van der Waals surface area (Å²) in [6, 6.07) is 9.39. The van der Waals surface area contributed by atoms with Gasteiger partial charge >= 0.3 is 0 Å². The molecule has 0 saturated carbocycles. The third-order valence-electron chi connectivity index (χ3n) is 6.58. The molecule has 2 aromatic rings. The van der Waals surface area contributed by atoms with Crippen molar-refractivity contribution in [3.63, 3.8) is 0 Å². The Labute approximate surface area is 187 Å². The molecule has 4 nitrogen and oxygen atoms in total. The van der Waals surface area contributed by atoms with Crippen molar-refractivity contribution in [2.45, 2.75) is 65.2 Å². The maximum absolute atomic E-state index is 12.8. The molecule has 0 spiro atoms. The van der Waals surface area contributed by atoms with Crippen molar-refractivity contribution in [2.24, 2.45) is 0 Å². The maximum Gasteiger partial charge on any atom is 0.185 e. The van der Waals surface area contributed by atoms with Crippen LogP contribution < -0.4 is 10.1 Å². The second-order valence-electron chi connectivity index (χ2n) is 9.27. The first-order chi connectivity index (χ1) is 14.5. The van der Waals surface area contributed by atoms with Crippen molar-refractivity contribution >= 4 is 17.5 Å². The highest BCUT2D eigenvalue weighted by Crippen LogP contribution is 2.46. The van der Waals surface area contributed by atoms with Crippen LogP contribution in [0.2, 0.25) is 0 Å². The predicted octanol–water partition coefficient (Wildman–Crippen LogP) is 6.71. The highest BCUT2D eigenvalue weighted by molar-refractivity contribution is 6.07. The summed E-state index contributed by atoms with van der Waals surface area (Å²) in [5, 5.41) is 14.3. The number of methoxy groups -OCH3 is 1. The van der Waals surface area contributed by atoms with Crippen LogP contribution in [0.4, 0.5) is 5.69 Å². The quantitative estimate of drug-likeness (QED) is 0.347. The van der Waals surface area contributed by atoms with E-state index in [1.807, 2.05) is 19.2 Å². The molecule has 0 amide bonds. The highest BCUT2D eigenvalue weighted by atomic mass is 16.5. The zero-order chi connectivity index (χ0) is 23.4. The van der Waals surface area contributed by atoms with Gasteiger partial charge in [-0.05, 0) is 66.2 Å². The molecule has 31 heavy (non-hydrogen) atoms. The highest BCUT2D eigenvalue weighted by Gasteiger charge is 2.31. The van der Waals surface area contributed by atoms with Gasteiger partial charge in [0.05, 0.1) is 12.7 Å². The van der Waals surface area contributed by atoms with Gasteiger partial charge in [0.25, 0.3) is 0 Å². The number of carbonyl (C=O) groups excluding carboxylic acids is 1. The fraction of sp³-hybridized carbons (Fsp3) is 0.444. The van der Waals surface area contributed by atoms with E-state index >= 15 is 0 Å². The van der Waals surface area contributed by atoms with E-state index < -0.39 is 0 Å². The second kappa shape index (κ2) is 9.59. The van der Waals surface area contributed by atoms with Crippen molar-refractivity contribution in [1.29, 1.82) is 0 Å². The summed E-state index contributed by atoms with van der Waals surface area (Å²) in [6.45, 7) is 12.9. The number of rotatable bonds is 9. The van der Waals surface area contributed by atoms with Crippen molar-refractivity contribution in [3.8, 4) is 11.5 Å². The van der Waals surface area contributed by atoms with E-state index in [1.54, 1.807) is 25.3 Å². The molecule has 2 rings (SSSR count). The van der Waals surface area contributed by atoms with Gasteiger partial charge in [-0.1, -0.05) is 41.5 Å². The Balaban J connectivity index is 2.65. The van der Waals surface area contributed by atoms with E-state index in [-0.39, 0.29) is 22.4 Å². The third kappa shape index (κ3) is 5.12. The summed E-state index contributed by atoms with van der Waals surface area (Å²) in [5.74, 6) is 0.670. The zero-order valence-corrected chi connectivity index (χ0v) is 20.2. The molecule has 0 fully saturated rings. The number of ketones is 1. The van der Waals surface area contributed by atoms with Crippen LogP contribution >= 0.6 is 0 Å². The number of hydrogen-bond acceptors (Lipinski definition) is 4. The lowest BCUT2D eigenvalue weighted by Gasteiger charge is -2.32. The number of anilines is 1. The molecule has 0 aliphatic rings. The lowest BCUT2D eigenvalue weighted by molar-refractivity contribution is 0.104.